The van der Waals surface area contributed by atoms with Gasteiger partial charge in [-0.15, -0.1) is 0 Å². The van der Waals surface area contributed by atoms with Crippen molar-refractivity contribution in [3.05, 3.63) is 35.9 Å². The Morgan fingerprint density at radius 1 is 1.24 bits per heavy atom. The number of likely N-dealkylation sites (tertiary alicyclic amines) is 1. The van der Waals surface area contributed by atoms with E-state index in [1.807, 2.05) is 42.2 Å². The van der Waals surface area contributed by atoms with Crippen LogP contribution in [0.2, 0.25) is 0 Å². The molecule has 0 saturated carbocycles. The summed E-state index contributed by atoms with van der Waals surface area (Å²) in [6, 6.07) is 9.64. The lowest BCUT2D eigenvalue weighted by molar-refractivity contribution is -0.138. The first kappa shape index (κ1) is 16.0. The standard InChI is InChI=1S/C17H26N2O2/c1-2-18(13-14-20)16(15-9-5-3-6-10-15)17(21)19-11-7-4-8-12-19/h3,5-6,9-10,16,20H,2,4,7-8,11-14H2,1H3. The number of aliphatic hydroxyl groups is 1. The quantitative estimate of drug-likeness (QED) is 0.872. The summed E-state index contributed by atoms with van der Waals surface area (Å²) in [6.07, 6.45) is 3.41. The highest BCUT2D eigenvalue weighted by Crippen LogP contribution is 2.24. The molecule has 0 radical (unpaired) electrons. The Hall–Kier alpha value is -1.39. The molecule has 0 bridgehead atoms. The number of rotatable bonds is 6. The number of amides is 1. The van der Waals surface area contributed by atoms with Crippen molar-refractivity contribution in [1.29, 1.82) is 0 Å². The van der Waals surface area contributed by atoms with E-state index in [0.717, 1.165) is 38.0 Å². The minimum atomic E-state index is -0.276. The van der Waals surface area contributed by atoms with Crippen molar-refractivity contribution >= 4 is 5.91 Å². The van der Waals surface area contributed by atoms with Crippen molar-refractivity contribution in [2.75, 3.05) is 32.8 Å². The van der Waals surface area contributed by atoms with Crippen LogP contribution in [-0.4, -0.2) is 53.6 Å². The molecule has 1 heterocycles. The Morgan fingerprint density at radius 2 is 1.90 bits per heavy atom. The van der Waals surface area contributed by atoms with Crippen LogP contribution in [0.5, 0.6) is 0 Å². The Morgan fingerprint density at radius 3 is 2.48 bits per heavy atom. The Balaban J connectivity index is 2.23. The van der Waals surface area contributed by atoms with Crippen LogP contribution in [0.4, 0.5) is 0 Å². The molecule has 1 fully saturated rings. The second-order valence-electron chi connectivity index (χ2n) is 5.55. The summed E-state index contributed by atoms with van der Waals surface area (Å²) in [7, 11) is 0. The van der Waals surface area contributed by atoms with Crippen LogP contribution in [0.15, 0.2) is 30.3 Å². The molecule has 1 aromatic carbocycles. The molecule has 1 amide bonds. The summed E-state index contributed by atoms with van der Waals surface area (Å²) >= 11 is 0. The van der Waals surface area contributed by atoms with Crippen molar-refractivity contribution < 1.29 is 9.90 Å². The van der Waals surface area contributed by atoms with E-state index in [9.17, 15) is 9.90 Å². The molecule has 1 unspecified atom stereocenters. The molecular formula is C17H26N2O2. The van der Waals surface area contributed by atoms with Gasteiger partial charge in [-0.25, -0.2) is 0 Å². The van der Waals surface area contributed by atoms with Gasteiger partial charge in [-0.2, -0.15) is 0 Å². The predicted molar refractivity (Wildman–Crippen MR) is 83.9 cm³/mol. The summed E-state index contributed by atoms with van der Waals surface area (Å²) in [5, 5.41) is 9.29. The third kappa shape index (κ3) is 4.05. The van der Waals surface area contributed by atoms with E-state index in [2.05, 4.69) is 4.90 Å². The van der Waals surface area contributed by atoms with Crippen molar-refractivity contribution in [2.45, 2.75) is 32.2 Å². The minimum absolute atomic E-state index is 0.0739. The van der Waals surface area contributed by atoms with Gasteiger partial charge in [-0.3, -0.25) is 9.69 Å². The zero-order chi connectivity index (χ0) is 15.1. The molecule has 4 nitrogen and oxygen atoms in total. The maximum atomic E-state index is 13.0. The second kappa shape index (κ2) is 8.15. The van der Waals surface area contributed by atoms with E-state index in [-0.39, 0.29) is 18.6 Å². The van der Waals surface area contributed by atoms with Crippen molar-refractivity contribution in [1.82, 2.24) is 9.80 Å². The van der Waals surface area contributed by atoms with E-state index < -0.39 is 0 Å². The number of hydrogen-bond acceptors (Lipinski definition) is 3. The Kier molecular flexibility index (Phi) is 6.21. The van der Waals surface area contributed by atoms with Gasteiger partial charge in [-0.05, 0) is 31.4 Å². The molecule has 1 aliphatic rings. The number of aliphatic hydroxyl groups excluding tert-OH is 1. The van der Waals surface area contributed by atoms with Gasteiger partial charge in [0.25, 0.3) is 0 Å². The van der Waals surface area contributed by atoms with Gasteiger partial charge in [0, 0.05) is 19.6 Å². The normalized spacial score (nSPS) is 17.0. The fourth-order valence-electron chi connectivity index (χ4n) is 3.03. The SMILES string of the molecule is CCN(CCO)C(C(=O)N1CCCCC1)c1ccccc1. The van der Waals surface area contributed by atoms with Gasteiger partial charge in [0.15, 0.2) is 0 Å². The van der Waals surface area contributed by atoms with E-state index in [1.54, 1.807) is 0 Å². The number of carbonyl (C=O) groups is 1. The molecule has 4 heteroatoms. The minimum Gasteiger partial charge on any atom is -0.395 e. The van der Waals surface area contributed by atoms with Crippen LogP contribution in [0.1, 0.15) is 37.8 Å². The largest absolute Gasteiger partial charge is 0.395 e. The molecule has 1 saturated heterocycles. The lowest BCUT2D eigenvalue weighted by atomic mass is 10.0. The van der Waals surface area contributed by atoms with Gasteiger partial charge >= 0.3 is 0 Å². The topological polar surface area (TPSA) is 43.8 Å². The molecule has 0 spiro atoms. The molecule has 0 aromatic heterocycles. The van der Waals surface area contributed by atoms with Gasteiger partial charge in [0.05, 0.1) is 6.61 Å². The van der Waals surface area contributed by atoms with E-state index >= 15 is 0 Å². The second-order valence-corrected chi connectivity index (χ2v) is 5.55. The van der Waals surface area contributed by atoms with E-state index in [4.69, 9.17) is 0 Å². The van der Waals surface area contributed by atoms with Crippen molar-refractivity contribution in [2.24, 2.45) is 0 Å². The number of nitrogens with zero attached hydrogens (tertiary/aromatic N) is 2. The van der Waals surface area contributed by atoms with Gasteiger partial charge in [0.1, 0.15) is 6.04 Å². The maximum Gasteiger partial charge on any atom is 0.244 e. The molecular weight excluding hydrogens is 264 g/mol. The molecule has 21 heavy (non-hydrogen) atoms. The van der Waals surface area contributed by atoms with Crippen molar-refractivity contribution in [3.8, 4) is 0 Å². The number of benzene rings is 1. The highest BCUT2D eigenvalue weighted by atomic mass is 16.3. The van der Waals surface area contributed by atoms with Crippen LogP contribution >= 0.6 is 0 Å². The third-order valence-corrected chi connectivity index (χ3v) is 4.18. The van der Waals surface area contributed by atoms with Crippen LogP contribution in [0.25, 0.3) is 0 Å². The number of likely N-dealkylation sites (N-methyl/N-ethyl adjacent to an activating group) is 1. The van der Waals surface area contributed by atoms with Crippen molar-refractivity contribution in [3.63, 3.8) is 0 Å². The first-order chi connectivity index (χ1) is 10.3. The van der Waals surface area contributed by atoms with Crippen LogP contribution in [-0.2, 0) is 4.79 Å². The summed E-state index contributed by atoms with van der Waals surface area (Å²) in [5.74, 6) is 0.177. The summed E-state index contributed by atoms with van der Waals surface area (Å²) in [4.78, 5) is 17.0. The zero-order valence-corrected chi connectivity index (χ0v) is 12.9. The Labute approximate surface area is 127 Å². The zero-order valence-electron chi connectivity index (χ0n) is 12.9. The molecule has 0 aliphatic carbocycles. The Bertz CT molecular complexity index is 430. The number of carbonyl (C=O) groups excluding carboxylic acids is 1. The lowest BCUT2D eigenvalue weighted by Crippen LogP contribution is -2.45. The number of piperidine rings is 1. The first-order valence-corrected chi connectivity index (χ1v) is 7.96. The summed E-state index contributed by atoms with van der Waals surface area (Å²) < 4.78 is 0. The fraction of sp³-hybridized carbons (Fsp3) is 0.588. The van der Waals surface area contributed by atoms with Gasteiger partial charge in [-0.1, -0.05) is 37.3 Å². The lowest BCUT2D eigenvalue weighted by Gasteiger charge is -2.35. The average Bonchev–Trinajstić information content (AvgIpc) is 2.56. The summed E-state index contributed by atoms with van der Waals surface area (Å²) in [6.45, 7) is 5.10. The summed E-state index contributed by atoms with van der Waals surface area (Å²) in [5.41, 5.74) is 1.02. The molecule has 2 rings (SSSR count). The smallest absolute Gasteiger partial charge is 0.244 e. The average molecular weight is 290 g/mol. The van der Waals surface area contributed by atoms with E-state index in [0.29, 0.717) is 6.54 Å². The first-order valence-electron chi connectivity index (χ1n) is 7.96. The molecule has 116 valence electrons. The third-order valence-electron chi connectivity index (χ3n) is 4.18. The molecule has 1 aliphatic heterocycles. The maximum absolute atomic E-state index is 13.0. The van der Waals surface area contributed by atoms with Crippen LogP contribution < -0.4 is 0 Å². The van der Waals surface area contributed by atoms with Crippen LogP contribution in [0.3, 0.4) is 0 Å². The fourth-order valence-corrected chi connectivity index (χ4v) is 3.03. The molecule has 1 aromatic rings. The monoisotopic (exact) mass is 290 g/mol. The highest BCUT2D eigenvalue weighted by Gasteiger charge is 2.30. The molecule has 1 atom stereocenters. The van der Waals surface area contributed by atoms with Gasteiger partial charge < -0.3 is 10.0 Å². The number of hydrogen-bond donors (Lipinski definition) is 1. The molecule has 1 N–H and O–H groups in total. The highest BCUT2D eigenvalue weighted by molar-refractivity contribution is 5.83. The van der Waals surface area contributed by atoms with Crippen LogP contribution in [0, 0.1) is 0 Å². The predicted octanol–water partition coefficient (Wildman–Crippen LogP) is 2.05. The van der Waals surface area contributed by atoms with Gasteiger partial charge in [0.2, 0.25) is 5.91 Å². The van der Waals surface area contributed by atoms with E-state index in [1.165, 1.54) is 6.42 Å².